The average molecular weight is 251 g/mol. The summed E-state index contributed by atoms with van der Waals surface area (Å²) in [5.41, 5.74) is 10.2. The van der Waals surface area contributed by atoms with Crippen LogP contribution in [0.2, 0.25) is 0 Å². The molecule has 0 atom stereocenters. The van der Waals surface area contributed by atoms with Gasteiger partial charge in [0.15, 0.2) is 0 Å². The van der Waals surface area contributed by atoms with Crippen molar-refractivity contribution in [1.29, 1.82) is 5.26 Å². The minimum Gasteiger partial charge on any atom is -0.383 e. The van der Waals surface area contributed by atoms with E-state index in [1.807, 2.05) is 25.1 Å². The number of nitriles is 1. The molecule has 96 valence electrons. The zero-order chi connectivity index (χ0) is 14.0. The Hall–Kier alpha value is -2.34. The number of aromatic nitrogens is 1. The Balaban J connectivity index is 2.56. The number of aryl methyl sites for hydroxylation is 1. The summed E-state index contributed by atoms with van der Waals surface area (Å²) >= 11 is 0. The van der Waals surface area contributed by atoms with Crippen LogP contribution in [0.25, 0.3) is 11.1 Å². The molecule has 0 bridgehead atoms. The molecule has 19 heavy (non-hydrogen) atoms. The van der Waals surface area contributed by atoms with Gasteiger partial charge in [0.2, 0.25) is 0 Å². The maximum absolute atomic E-state index is 9.22. The van der Waals surface area contributed by atoms with Crippen LogP contribution in [-0.4, -0.2) is 4.98 Å². The number of nitrogens with two attached hydrogens (primary N) is 1. The molecule has 0 spiro atoms. The van der Waals surface area contributed by atoms with E-state index in [0.717, 1.165) is 16.8 Å². The van der Waals surface area contributed by atoms with Gasteiger partial charge in [0.05, 0.1) is 0 Å². The van der Waals surface area contributed by atoms with Crippen molar-refractivity contribution in [3.8, 4) is 17.2 Å². The Labute approximate surface area is 113 Å². The minimum atomic E-state index is 0.297. The molecule has 0 saturated carbocycles. The molecule has 0 amide bonds. The lowest BCUT2D eigenvalue weighted by atomic mass is 9.96. The van der Waals surface area contributed by atoms with Crippen LogP contribution in [0.1, 0.15) is 36.6 Å². The van der Waals surface area contributed by atoms with Crippen LogP contribution >= 0.6 is 0 Å². The molecular weight excluding hydrogens is 234 g/mol. The van der Waals surface area contributed by atoms with Crippen molar-refractivity contribution in [3.63, 3.8) is 0 Å². The predicted molar refractivity (Wildman–Crippen MR) is 77.6 cm³/mol. The van der Waals surface area contributed by atoms with Crippen LogP contribution in [0.4, 0.5) is 5.82 Å². The van der Waals surface area contributed by atoms with Crippen LogP contribution in [0.5, 0.6) is 0 Å². The highest BCUT2D eigenvalue weighted by molar-refractivity contribution is 5.75. The molecule has 1 aromatic heterocycles. The molecule has 0 aliphatic heterocycles. The fourth-order valence-corrected chi connectivity index (χ4v) is 2.09. The third-order valence-corrected chi connectivity index (χ3v) is 3.18. The Morgan fingerprint density at radius 3 is 2.37 bits per heavy atom. The summed E-state index contributed by atoms with van der Waals surface area (Å²) in [5.74, 6) is 0.791. The number of rotatable bonds is 2. The van der Waals surface area contributed by atoms with E-state index in [2.05, 4.69) is 37.0 Å². The third kappa shape index (κ3) is 2.58. The van der Waals surface area contributed by atoms with Crippen LogP contribution < -0.4 is 5.73 Å². The lowest BCUT2D eigenvalue weighted by Gasteiger charge is -2.10. The number of nitrogens with zero attached hydrogens (tertiary/aromatic N) is 2. The van der Waals surface area contributed by atoms with Crippen molar-refractivity contribution >= 4 is 5.82 Å². The fraction of sp³-hybridized carbons (Fsp3) is 0.250. The van der Waals surface area contributed by atoms with Crippen LogP contribution in [0.15, 0.2) is 30.3 Å². The molecule has 1 heterocycles. The molecule has 2 N–H and O–H groups in total. The molecule has 2 rings (SSSR count). The Morgan fingerprint density at radius 2 is 1.84 bits per heavy atom. The zero-order valence-electron chi connectivity index (χ0n) is 11.4. The first-order valence-corrected chi connectivity index (χ1v) is 6.30. The fourth-order valence-electron chi connectivity index (χ4n) is 2.09. The van der Waals surface area contributed by atoms with Crippen molar-refractivity contribution in [1.82, 2.24) is 4.98 Å². The molecule has 0 aliphatic carbocycles. The quantitative estimate of drug-likeness (QED) is 0.886. The first-order chi connectivity index (χ1) is 9.02. The van der Waals surface area contributed by atoms with Gasteiger partial charge in [-0.25, -0.2) is 4.98 Å². The molecule has 2 aromatic rings. The number of benzene rings is 1. The Bertz CT molecular complexity index is 634. The summed E-state index contributed by atoms with van der Waals surface area (Å²) in [6, 6.07) is 12.3. The monoisotopic (exact) mass is 251 g/mol. The van der Waals surface area contributed by atoms with Gasteiger partial charge < -0.3 is 5.73 Å². The van der Waals surface area contributed by atoms with Gasteiger partial charge in [-0.1, -0.05) is 38.1 Å². The van der Waals surface area contributed by atoms with Gasteiger partial charge in [-0.2, -0.15) is 5.26 Å². The lowest BCUT2D eigenvalue weighted by molar-refractivity contribution is 0.867. The molecule has 1 aromatic carbocycles. The number of hydrogen-bond acceptors (Lipinski definition) is 3. The summed E-state index contributed by atoms with van der Waals surface area (Å²) in [5, 5.41) is 9.22. The number of nitrogen functional groups attached to an aromatic ring is 1. The average Bonchev–Trinajstić information content (AvgIpc) is 2.38. The van der Waals surface area contributed by atoms with Crippen molar-refractivity contribution in [2.24, 2.45) is 0 Å². The summed E-state index contributed by atoms with van der Waals surface area (Å²) in [6.07, 6.45) is 0. The molecule has 0 fully saturated rings. The van der Waals surface area contributed by atoms with Crippen LogP contribution in [-0.2, 0) is 0 Å². The molecule has 0 aliphatic rings. The third-order valence-electron chi connectivity index (χ3n) is 3.18. The molecule has 0 radical (unpaired) electrons. The molecular formula is C16H17N3. The number of pyridine rings is 1. The van der Waals surface area contributed by atoms with E-state index >= 15 is 0 Å². The molecule has 0 unspecified atom stereocenters. The van der Waals surface area contributed by atoms with E-state index in [1.54, 1.807) is 0 Å². The first kappa shape index (κ1) is 13.1. The molecule has 0 saturated heterocycles. The van der Waals surface area contributed by atoms with E-state index in [9.17, 15) is 5.26 Å². The number of hydrogen-bond donors (Lipinski definition) is 1. The Morgan fingerprint density at radius 1 is 1.21 bits per heavy atom. The van der Waals surface area contributed by atoms with E-state index in [4.69, 9.17) is 5.73 Å². The largest absolute Gasteiger partial charge is 0.383 e. The normalized spacial score (nSPS) is 10.5. The van der Waals surface area contributed by atoms with Crippen molar-refractivity contribution in [3.05, 3.63) is 47.2 Å². The highest BCUT2D eigenvalue weighted by atomic mass is 14.8. The van der Waals surface area contributed by atoms with Gasteiger partial charge >= 0.3 is 0 Å². The van der Waals surface area contributed by atoms with Gasteiger partial charge in [0, 0.05) is 11.3 Å². The van der Waals surface area contributed by atoms with E-state index in [0.29, 0.717) is 17.3 Å². The van der Waals surface area contributed by atoms with Crippen molar-refractivity contribution in [2.75, 3.05) is 5.73 Å². The van der Waals surface area contributed by atoms with Gasteiger partial charge in [-0.05, 0) is 30.0 Å². The second-order valence-corrected chi connectivity index (χ2v) is 4.96. The van der Waals surface area contributed by atoms with E-state index in [1.165, 1.54) is 5.56 Å². The van der Waals surface area contributed by atoms with Gasteiger partial charge in [-0.15, -0.1) is 0 Å². The highest BCUT2D eigenvalue weighted by Gasteiger charge is 2.11. The predicted octanol–water partition coefficient (Wildman–Crippen LogP) is 3.63. The zero-order valence-corrected chi connectivity index (χ0v) is 11.4. The van der Waals surface area contributed by atoms with Crippen LogP contribution in [0.3, 0.4) is 0 Å². The standard InChI is InChI=1S/C16H17N3/c1-10(2)12-4-6-13(7-5-12)14-8-11(3)19-16(18)15(14)9-17/h4-8,10H,1-3H3,(H2,18,19). The van der Waals surface area contributed by atoms with E-state index < -0.39 is 0 Å². The van der Waals surface area contributed by atoms with Crippen molar-refractivity contribution in [2.45, 2.75) is 26.7 Å². The maximum atomic E-state index is 9.22. The molecule has 3 nitrogen and oxygen atoms in total. The smallest absolute Gasteiger partial charge is 0.142 e. The second-order valence-electron chi connectivity index (χ2n) is 4.96. The summed E-state index contributed by atoms with van der Waals surface area (Å²) in [6.45, 7) is 6.19. The minimum absolute atomic E-state index is 0.297. The van der Waals surface area contributed by atoms with Gasteiger partial charge in [0.25, 0.3) is 0 Å². The van der Waals surface area contributed by atoms with Crippen LogP contribution in [0, 0.1) is 18.3 Å². The summed E-state index contributed by atoms with van der Waals surface area (Å²) < 4.78 is 0. The maximum Gasteiger partial charge on any atom is 0.142 e. The topological polar surface area (TPSA) is 62.7 Å². The summed E-state index contributed by atoms with van der Waals surface area (Å²) in [7, 11) is 0. The summed E-state index contributed by atoms with van der Waals surface area (Å²) in [4.78, 5) is 4.13. The number of anilines is 1. The Kier molecular flexibility index (Phi) is 3.52. The molecule has 3 heteroatoms. The van der Waals surface area contributed by atoms with Gasteiger partial charge in [0.1, 0.15) is 17.5 Å². The van der Waals surface area contributed by atoms with Gasteiger partial charge in [-0.3, -0.25) is 0 Å². The first-order valence-electron chi connectivity index (χ1n) is 6.30. The SMILES string of the molecule is Cc1cc(-c2ccc(C(C)C)cc2)c(C#N)c(N)n1. The second kappa shape index (κ2) is 5.11. The highest BCUT2D eigenvalue weighted by Crippen LogP contribution is 2.28. The van der Waals surface area contributed by atoms with Crippen molar-refractivity contribution < 1.29 is 0 Å². The van der Waals surface area contributed by atoms with E-state index in [-0.39, 0.29) is 0 Å². The lowest BCUT2D eigenvalue weighted by Crippen LogP contribution is -1.99.